The van der Waals surface area contributed by atoms with E-state index in [1.54, 1.807) is 18.2 Å². The number of nitrogen functional groups attached to an aromatic ring is 1. The van der Waals surface area contributed by atoms with Gasteiger partial charge in [-0.15, -0.1) is 0 Å². The van der Waals surface area contributed by atoms with Crippen LogP contribution in [0, 0.1) is 0 Å². The Hall–Kier alpha value is -2.04. The number of benzene rings is 1. The molecule has 1 heterocycles. The Kier molecular flexibility index (Phi) is 2.34. The van der Waals surface area contributed by atoms with E-state index in [1.165, 1.54) is 18.7 Å². The molecule has 1 amide bonds. The molecule has 0 saturated carbocycles. The molecule has 0 aromatic heterocycles. The van der Waals surface area contributed by atoms with Gasteiger partial charge in [0.15, 0.2) is 0 Å². The van der Waals surface area contributed by atoms with Crippen LogP contribution in [0.3, 0.4) is 0 Å². The van der Waals surface area contributed by atoms with Crippen LogP contribution in [-0.4, -0.2) is 22.5 Å². The number of hydrogen-bond donors (Lipinski definition) is 2. The number of hydrogen-bond acceptors (Lipinski definition) is 3. The molecule has 0 aliphatic carbocycles. The normalized spacial score (nSPS) is 14.9. The van der Waals surface area contributed by atoms with Gasteiger partial charge in [-0.1, -0.05) is 0 Å². The van der Waals surface area contributed by atoms with E-state index in [4.69, 9.17) is 5.73 Å². The fourth-order valence-electron chi connectivity index (χ4n) is 2.05. The Labute approximate surface area is 98.8 Å². The van der Waals surface area contributed by atoms with Crippen LogP contribution >= 0.6 is 0 Å². The SMILES string of the molecule is CC(C)(C(=O)O)N1C(=O)Cc2cc(N)ccc21. The molecule has 1 aromatic carbocycles. The molecule has 1 aliphatic rings. The highest BCUT2D eigenvalue weighted by atomic mass is 16.4. The van der Waals surface area contributed by atoms with E-state index in [-0.39, 0.29) is 12.3 Å². The van der Waals surface area contributed by atoms with Crippen molar-refractivity contribution in [3.63, 3.8) is 0 Å². The highest BCUT2D eigenvalue weighted by Gasteiger charge is 2.43. The minimum Gasteiger partial charge on any atom is -0.480 e. The topological polar surface area (TPSA) is 83.6 Å². The molecule has 5 nitrogen and oxygen atoms in total. The lowest BCUT2D eigenvalue weighted by Gasteiger charge is -2.32. The molecule has 0 spiro atoms. The fraction of sp³-hybridized carbons (Fsp3) is 0.333. The number of carbonyl (C=O) groups excluding carboxylic acids is 1. The Morgan fingerprint density at radius 1 is 1.47 bits per heavy atom. The zero-order valence-electron chi connectivity index (χ0n) is 9.73. The molecule has 0 unspecified atom stereocenters. The van der Waals surface area contributed by atoms with Gasteiger partial charge < -0.3 is 10.8 Å². The van der Waals surface area contributed by atoms with Gasteiger partial charge in [0.05, 0.1) is 6.42 Å². The van der Waals surface area contributed by atoms with Gasteiger partial charge in [-0.2, -0.15) is 0 Å². The summed E-state index contributed by atoms with van der Waals surface area (Å²) in [7, 11) is 0. The summed E-state index contributed by atoms with van der Waals surface area (Å²) in [6, 6.07) is 5.08. The van der Waals surface area contributed by atoms with Crippen molar-refractivity contribution in [2.75, 3.05) is 10.6 Å². The lowest BCUT2D eigenvalue weighted by Crippen LogP contribution is -2.51. The van der Waals surface area contributed by atoms with Crippen molar-refractivity contribution < 1.29 is 14.7 Å². The third kappa shape index (κ3) is 1.63. The molecule has 3 N–H and O–H groups in total. The van der Waals surface area contributed by atoms with E-state index in [0.29, 0.717) is 11.4 Å². The fourth-order valence-corrected chi connectivity index (χ4v) is 2.05. The average Bonchev–Trinajstić information content (AvgIpc) is 2.53. The van der Waals surface area contributed by atoms with E-state index in [1.807, 2.05) is 0 Å². The van der Waals surface area contributed by atoms with Crippen LogP contribution in [0.5, 0.6) is 0 Å². The minimum atomic E-state index is -1.25. The Bertz CT molecular complexity index is 508. The Morgan fingerprint density at radius 3 is 2.71 bits per heavy atom. The minimum absolute atomic E-state index is 0.205. The van der Waals surface area contributed by atoms with Crippen LogP contribution in [0.2, 0.25) is 0 Å². The summed E-state index contributed by atoms with van der Waals surface area (Å²) in [6.45, 7) is 3.03. The van der Waals surface area contributed by atoms with E-state index in [0.717, 1.165) is 5.56 Å². The van der Waals surface area contributed by atoms with Crippen LogP contribution in [0.15, 0.2) is 18.2 Å². The summed E-state index contributed by atoms with van der Waals surface area (Å²) in [5.41, 5.74) is 6.39. The van der Waals surface area contributed by atoms with Crippen LogP contribution in [0.1, 0.15) is 19.4 Å². The van der Waals surface area contributed by atoms with Crippen molar-refractivity contribution in [3.05, 3.63) is 23.8 Å². The van der Waals surface area contributed by atoms with E-state index in [2.05, 4.69) is 0 Å². The molecule has 90 valence electrons. The number of carbonyl (C=O) groups is 2. The van der Waals surface area contributed by atoms with E-state index >= 15 is 0 Å². The van der Waals surface area contributed by atoms with Gasteiger partial charge in [0.1, 0.15) is 5.54 Å². The number of anilines is 2. The van der Waals surface area contributed by atoms with Crippen molar-refractivity contribution in [2.24, 2.45) is 0 Å². The lowest BCUT2D eigenvalue weighted by molar-refractivity contribution is -0.143. The number of amides is 1. The van der Waals surface area contributed by atoms with Crippen LogP contribution < -0.4 is 10.6 Å². The van der Waals surface area contributed by atoms with Gasteiger partial charge in [-0.25, -0.2) is 4.79 Å². The first-order chi connectivity index (χ1) is 7.84. The number of fused-ring (bicyclic) bond motifs is 1. The summed E-state index contributed by atoms with van der Waals surface area (Å²) in [4.78, 5) is 24.5. The van der Waals surface area contributed by atoms with Gasteiger partial charge in [-0.05, 0) is 37.6 Å². The van der Waals surface area contributed by atoms with Crippen molar-refractivity contribution in [1.82, 2.24) is 0 Å². The maximum Gasteiger partial charge on any atom is 0.329 e. The zero-order chi connectivity index (χ0) is 12.8. The highest BCUT2D eigenvalue weighted by molar-refractivity contribution is 6.07. The third-order valence-corrected chi connectivity index (χ3v) is 3.02. The molecule has 0 radical (unpaired) electrons. The van der Waals surface area contributed by atoms with Crippen LogP contribution in [0.4, 0.5) is 11.4 Å². The lowest BCUT2D eigenvalue weighted by atomic mass is 10.0. The van der Waals surface area contributed by atoms with Crippen molar-refractivity contribution in [2.45, 2.75) is 25.8 Å². The molecule has 5 heteroatoms. The van der Waals surface area contributed by atoms with Gasteiger partial charge in [0, 0.05) is 11.4 Å². The summed E-state index contributed by atoms with van der Waals surface area (Å²) in [6.07, 6.45) is 0.205. The summed E-state index contributed by atoms with van der Waals surface area (Å²) < 4.78 is 0. The zero-order valence-corrected chi connectivity index (χ0v) is 9.73. The van der Waals surface area contributed by atoms with Gasteiger partial charge in [-0.3, -0.25) is 9.69 Å². The maximum atomic E-state index is 11.9. The van der Waals surface area contributed by atoms with Crippen molar-refractivity contribution in [3.8, 4) is 0 Å². The van der Waals surface area contributed by atoms with Crippen LogP contribution in [-0.2, 0) is 16.0 Å². The monoisotopic (exact) mass is 234 g/mol. The predicted molar refractivity (Wildman–Crippen MR) is 63.8 cm³/mol. The Balaban J connectivity index is 2.52. The van der Waals surface area contributed by atoms with Gasteiger partial charge >= 0.3 is 5.97 Å². The van der Waals surface area contributed by atoms with Gasteiger partial charge in [0.2, 0.25) is 5.91 Å². The summed E-state index contributed by atoms with van der Waals surface area (Å²) >= 11 is 0. The van der Waals surface area contributed by atoms with Crippen molar-refractivity contribution >= 4 is 23.3 Å². The number of carboxylic acid groups (broad SMARTS) is 1. The number of nitrogens with two attached hydrogens (primary N) is 1. The molecule has 2 rings (SSSR count). The molecule has 0 saturated heterocycles. The standard InChI is InChI=1S/C12H14N2O3/c1-12(2,11(16)17)14-9-4-3-8(13)5-7(9)6-10(14)15/h3-5H,6,13H2,1-2H3,(H,16,17). The number of carboxylic acids is 1. The second-order valence-corrected chi connectivity index (χ2v) is 4.66. The highest BCUT2D eigenvalue weighted by Crippen LogP contribution is 2.35. The average molecular weight is 234 g/mol. The third-order valence-electron chi connectivity index (χ3n) is 3.02. The predicted octanol–water partition coefficient (Wildman–Crippen LogP) is 1.02. The molecule has 0 fully saturated rings. The molecular weight excluding hydrogens is 220 g/mol. The molecule has 0 bridgehead atoms. The summed E-state index contributed by atoms with van der Waals surface area (Å²) in [5, 5.41) is 9.18. The molecule has 0 atom stereocenters. The largest absolute Gasteiger partial charge is 0.480 e. The maximum absolute atomic E-state index is 11.9. The molecular formula is C12H14N2O3. The van der Waals surface area contributed by atoms with E-state index in [9.17, 15) is 14.7 Å². The molecule has 1 aromatic rings. The summed E-state index contributed by atoms with van der Waals surface area (Å²) in [5.74, 6) is -1.24. The first kappa shape index (κ1) is 11.4. The first-order valence-corrected chi connectivity index (χ1v) is 5.29. The smallest absolute Gasteiger partial charge is 0.329 e. The second-order valence-electron chi connectivity index (χ2n) is 4.66. The number of rotatable bonds is 2. The number of nitrogens with zero attached hydrogens (tertiary/aromatic N) is 1. The van der Waals surface area contributed by atoms with Gasteiger partial charge in [0.25, 0.3) is 0 Å². The first-order valence-electron chi connectivity index (χ1n) is 5.29. The Morgan fingerprint density at radius 2 is 2.12 bits per heavy atom. The quantitative estimate of drug-likeness (QED) is 0.748. The van der Waals surface area contributed by atoms with Crippen LogP contribution in [0.25, 0.3) is 0 Å². The molecule has 1 aliphatic heterocycles. The molecule has 17 heavy (non-hydrogen) atoms. The van der Waals surface area contributed by atoms with E-state index < -0.39 is 11.5 Å². The second kappa shape index (κ2) is 3.48. The van der Waals surface area contributed by atoms with Crippen molar-refractivity contribution in [1.29, 1.82) is 0 Å². The number of aliphatic carboxylic acids is 1.